The second-order valence-corrected chi connectivity index (χ2v) is 6.60. The average molecular weight is 351 g/mol. The maximum Gasteiger partial charge on any atom is 0.225 e. The minimum Gasteiger partial charge on any atom is -0.441 e. The molecule has 1 saturated carbocycles. The van der Waals surface area contributed by atoms with Crippen molar-refractivity contribution < 1.29 is 9.52 Å². The van der Waals surface area contributed by atoms with Crippen LogP contribution in [0.15, 0.2) is 28.8 Å². The predicted molar refractivity (Wildman–Crippen MR) is 94.0 cm³/mol. The lowest BCUT2D eigenvalue weighted by atomic mass is 10.2. The number of nitrogens with zero attached hydrogens (tertiary/aromatic N) is 6. The standard InChI is InChI=1S/C17H17N7O2/c1-9-19-13-5-3-11(7-15(13)26-9)24-16-14(22-23-24)8-18-17(21-16)20-10-2-4-12(25)6-10/h3,5,7-8,10,12,25H,2,4,6H2,1H3,(H,18,20,21)/t10-,12-/m0/s1. The number of hydrogen-bond donors (Lipinski definition) is 2. The van der Waals surface area contributed by atoms with Crippen LogP contribution >= 0.6 is 0 Å². The summed E-state index contributed by atoms with van der Waals surface area (Å²) in [6.07, 6.45) is 3.81. The van der Waals surface area contributed by atoms with Crippen LogP contribution in [-0.4, -0.2) is 47.2 Å². The van der Waals surface area contributed by atoms with Gasteiger partial charge in [-0.15, -0.1) is 5.10 Å². The van der Waals surface area contributed by atoms with Crippen LogP contribution in [-0.2, 0) is 0 Å². The number of hydrogen-bond acceptors (Lipinski definition) is 8. The molecule has 0 radical (unpaired) electrons. The Morgan fingerprint density at radius 1 is 1.23 bits per heavy atom. The van der Waals surface area contributed by atoms with E-state index in [9.17, 15) is 5.11 Å². The molecule has 0 unspecified atom stereocenters. The molecule has 26 heavy (non-hydrogen) atoms. The van der Waals surface area contributed by atoms with Gasteiger partial charge in [-0.25, -0.2) is 9.97 Å². The summed E-state index contributed by atoms with van der Waals surface area (Å²) in [5, 5.41) is 21.3. The Morgan fingerprint density at radius 2 is 2.15 bits per heavy atom. The largest absolute Gasteiger partial charge is 0.441 e. The van der Waals surface area contributed by atoms with Gasteiger partial charge < -0.3 is 14.8 Å². The Morgan fingerprint density at radius 3 is 3.00 bits per heavy atom. The second kappa shape index (κ2) is 5.73. The van der Waals surface area contributed by atoms with Gasteiger partial charge in [0.2, 0.25) is 5.95 Å². The molecule has 5 rings (SSSR count). The molecule has 1 fully saturated rings. The number of benzene rings is 1. The van der Waals surface area contributed by atoms with Gasteiger partial charge in [0, 0.05) is 19.0 Å². The van der Waals surface area contributed by atoms with Crippen molar-refractivity contribution in [1.82, 2.24) is 29.9 Å². The number of oxazole rings is 1. The molecule has 3 aromatic heterocycles. The highest BCUT2D eigenvalue weighted by atomic mass is 16.3. The van der Waals surface area contributed by atoms with E-state index in [1.54, 1.807) is 10.9 Å². The van der Waals surface area contributed by atoms with Crippen molar-refractivity contribution >= 4 is 28.2 Å². The van der Waals surface area contributed by atoms with Crippen molar-refractivity contribution in [1.29, 1.82) is 0 Å². The topological polar surface area (TPSA) is 115 Å². The maximum atomic E-state index is 9.68. The Balaban J connectivity index is 1.53. The summed E-state index contributed by atoms with van der Waals surface area (Å²) in [6, 6.07) is 5.84. The van der Waals surface area contributed by atoms with Gasteiger partial charge in [0.15, 0.2) is 22.6 Å². The number of aliphatic hydroxyl groups excluding tert-OH is 1. The van der Waals surface area contributed by atoms with Crippen LogP contribution in [0.4, 0.5) is 5.95 Å². The summed E-state index contributed by atoms with van der Waals surface area (Å²) < 4.78 is 7.26. The highest BCUT2D eigenvalue weighted by Gasteiger charge is 2.23. The van der Waals surface area contributed by atoms with E-state index >= 15 is 0 Å². The zero-order valence-corrected chi connectivity index (χ0v) is 14.1. The quantitative estimate of drug-likeness (QED) is 0.576. The molecule has 0 spiro atoms. The van der Waals surface area contributed by atoms with Crippen molar-refractivity contribution in [3.05, 3.63) is 30.3 Å². The number of nitrogens with one attached hydrogen (secondary N) is 1. The fourth-order valence-electron chi connectivity index (χ4n) is 3.40. The molecule has 9 heteroatoms. The molecule has 0 saturated heterocycles. The van der Waals surface area contributed by atoms with E-state index in [0.29, 0.717) is 35.0 Å². The smallest absolute Gasteiger partial charge is 0.225 e. The summed E-state index contributed by atoms with van der Waals surface area (Å²) in [7, 11) is 0. The molecule has 2 atom stereocenters. The minimum absolute atomic E-state index is 0.181. The number of fused-ring (bicyclic) bond motifs is 2. The third-order valence-electron chi connectivity index (χ3n) is 4.65. The molecule has 2 N–H and O–H groups in total. The van der Waals surface area contributed by atoms with Crippen molar-refractivity contribution in [2.45, 2.75) is 38.3 Å². The lowest BCUT2D eigenvalue weighted by Gasteiger charge is -2.11. The first-order chi connectivity index (χ1) is 12.7. The highest BCUT2D eigenvalue weighted by Crippen LogP contribution is 2.24. The molecule has 0 amide bonds. The Bertz CT molecular complexity index is 1100. The Kier molecular flexibility index (Phi) is 3.35. The molecule has 3 heterocycles. The molecule has 0 aliphatic heterocycles. The van der Waals surface area contributed by atoms with Crippen LogP contribution in [0.2, 0.25) is 0 Å². The van der Waals surface area contributed by atoms with E-state index in [2.05, 4.69) is 30.6 Å². The normalized spacial score (nSPS) is 20.2. The van der Waals surface area contributed by atoms with Crippen molar-refractivity contribution in [3.8, 4) is 5.69 Å². The Labute approximate surface area is 148 Å². The Hall–Kier alpha value is -3.07. The van der Waals surface area contributed by atoms with Gasteiger partial charge in [-0.05, 0) is 31.4 Å². The fourth-order valence-corrected chi connectivity index (χ4v) is 3.40. The number of aryl methyl sites for hydroxylation is 1. The number of anilines is 1. The number of rotatable bonds is 3. The summed E-state index contributed by atoms with van der Waals surface area (Å²) in [4.78, 5) is 13.2. The van der Waals surface area contributed by atoms with Gasteiger partial charge in [-0.3, -0.25) is 0 Å². The molecule has 1 aliphatic carbocycles. The van der Waals surface area contributed by atoms with E-state index in [1.807, 2.05) is 25.1 Å². The lowest BCUT2D eigenvalue weighted by Crippen LogP contribution is -2.18. The van der Waals surface area contributed by atoms with Crippen molar-refractivity contribution in [2.24, 2.45) is 0 Å². The molecule has 1 aromatic carbocycles. The molecule has 1 aliphatic rings. The van der Waals surface area contributed by atoms with Gasteiger partial charge >= 0.3 is 0 Å². The minimum atomic E-state index is -0.250. The number of aliphatic hydroxyl groups is 1. The van der Waals surface area contributed by atoms with Gasteiger partial charge in [-0.1, -0.05) is 5.21 Å². The van der Waals surface area contributed by atoms with Crippen LogP contribution in [0, 0.1) is 6.92 Å². The van der Waals surface area contributed by atoms with Crippen LogP contribution < -0.4 is 5.32 Å². The van der Waals surface area contributed by atoms with Crippen LogP contribution in [0.3, 0.4) is 0 Å². The monoisotopic (exact) mass is 351 g/mol. The van der Waals surface area contributed by atoms with Crippen LogP contribution in [0.25, 0.3) is 28.0 Å². The van der Waals surface area contributed by atoms with Crippen LogP contribution in [0.5, 0.6) is 0 Å². The fraction of sp³-hybridized carbons (Fsp3) is 0.353. The average Bonchev–Trinajstić information content (AvgIpc) is 3.31. The first-order valence-electron chi connectivity index (χ1n) is 8.56. The van der Waals surface area contributed by atoms with E-state index < -0.39 is 0 Å². The van der Waals surface area contributed by atoms with E-state index in [4.69, 9.17) is 4.42 Å². The maximum absolute atomic E-state index is 9.68. The molecular formula is C17H17N7O2. The third-order valence-corrected chi connectivity index (χ3v) is 4.65. The van der Waals surface area contributed by atoms with Crippen LogP contribution in [0.1, 0.15) is 25.2 Å². The highest BCUT2D eigenvalue weighted by molar-refractivity contribution is 5.77. The molecule has 0 bridgehead atoms. The van der Waals surface area contributed by atoms with Gasteiger partial charge in [0.25, 0.3) is 0 Å². The number of aromatic nitrogens is 6. The first-order valence-corrected chi connectivity index (χ1v) is 8.56. The first kappa shape index (κ1) is 15.2. The molecule has 132 valence electrons. The van der Waals surface area contributed by atoms with Crippen molar-refractivity contribution in [2.75, 3.05) is 5.32 Å². The van der Waals surface area contributed by atoms with Gasteiger partial charge in [0.1, 0.15) is 5.52 Å². The third kappa shape index (κ3) is 2.57. The molecule has 4 aromatic rings. The van der Waals surface area contributed by atoms with E-state index in [0.717, 1.165) is 24.0 Å². The predicted octanol–water partition coefficient (Wildman–Crippen LogP) is 1.99. The molecule has 9 nitrogen and oxygen atoms in total. The molecular weight excluding hydrogens is 334 g/mol. The van der Waals surface area contributed by atoms with E-state index in [1.165, 1.54) is 0 Å². The zero-order chi connectivity index (χ0) is 17.7. The SMILES string of the molecule is Cc1nc2ccc(-n3nnc4cnc(N[C@H]5CC[C@H](O)C5)nc43)cc2o1. The zero-order valence-electron chi connectivity index (χ0n) is 14.1. The van der Waals surface area contributed by atoms with Gasteiger partial charge in [-0.2, -0.15) is 9.67 Å². The van der Waals surface area contributed by atoms with Gasteiger partial charge in [0.05, 0.1) is 18.0 Å². The summed E-state index contributed by atoms with van der Waals surface area (Å²) in [6.45, 7) is 1.82. The van der Waals surface area contributed by atoms with E-state index in [-0.39, 0.29) is 12.1 Å². The lowest BCUT2D eigenvalue weighted by molar-refractivity contribution is 0.182. The summed E-state index contributed by atoms with van der Waals surface area (Å²) in [5.41, 5.74) is 3.49. The summed E-state index contributed by atoms with van der Waals surface area (Å²) in [5.74, 6) is 1.13. The summed E-state index contributed by atoms with van der Waals surface area (Å²) >= 11 is 0. The second-order valence-electron chi connectivity index (χ2n) is 6.60. The van der Waals surface area contributed by atoms with Crippen molar-refractivity contribution in [3.63, 3.8) is 0 Å².